The Morgan fingerprint density at radius 2 is 2.30 bits per heavy atom. The molecule has 1 heterocycles. The number of hydrogen-bond donors (Lipinski definition) is 2. The van der Waals surface area contributed by atoms with Crippen molar-refractivity contribution in [1.29, 1.82) is 0 Å². The van der Waals surface area contributed by atoms with Crippen molar-refractivity contribution >= 4 is 39.5 Å². The fraction of sp³-hybridized carbons (Fsp3) is 0.231. The third kappa shape index (κ3) is 2.99. The SMILES string of the molecule is CCCSc1nn(-c2cccc(Br)c2)c(N)c1C(=O)O. The van der Waals surface area contributed by atoms with E-state index in [4.69, 9.17) is 5.73 Å². The van der Waals surface area contributed by atoms with E-state index >= 15 is 0 Å². The molecule has 0 spiro atoms. The Labute approximate surface area is 129 Å². The van der Waals surface area contributed by atoms with Gasteiger partial charge in [-0.3, -0.25) is 0 Å². The lowest BCUT2D eigenvalue weighted by Crippen LogP contribution is -2.05. The molecule has 0 aliphatic rings. The molecule has 20 heavy (non-hydrogen) atoms. The minimum atomic E-state index is -1.05. The first-order valence-corrected chi connectivity index (χ1v) is 7.83. The minimum absolute atomic E-state index is 0.0726. The number of halogens is 1. The maximum Gasteiger partial charge on any atom is 0.342 e. The first-order chi connectivity index (χ1) is 9.54. The van der Waals surface area contributed by atoms with Gasteiger partial charge in [-0.25, -0.2) is 9.48 Å². The van der Waals surface area contributed by atoms with Gasteiger partial charge < -0.3 is 10.8 Å². The Balaban J connectivity index is 2.52. The largest absolute Gasteiger partial charge is 0.477 e. The molecule has 0 aliphatic heterocycles. The van der Waals surface area contributed by atoms with Gasteiger partial charge in [-0.05, 0) is 30.4 Å². The normalized spacial score (nSPS) is 10.7. The predicted octanol–water partition coefficient (Wildman–Crippen LogP) is 3.42. The Morgan fingerprint density at radius 1 is 1.55 bits per heavy atom. The molecular formula is C13H14BrN3O2S. The summed E-state index contributed by atoms with van der Waals surface area (Å²) < 4.78 is 2.34. The summed E-state index contributed by atoms with van der Waals surface area (Å²) in [6.45, 7) is 2.03. The average Bonchev–Trinajstić information content (AvgIpc) is 2.73. The number of aromatic carboxylic acids is 1. The number of benzene rings is 1. The lowest BCUT2D eigenvalue weighted by molar-refractivity contribution is 0.0694. The summed E-state index contributed by atoms with van der Waals surface area (Å²) in [5.41, 5.74) is 6.75. The fourth-order valence-electron chi connectivity index (χ4n) is 1.72. The Kier molecular flexibility index (Phi) is 4.72. The zero-order valence-electron chi connectivity index (χ0n) is 10.8. The molecule has 0 radical (unpaired) electrons. The number of nitrogen functional groups attached to an aromatic ring is 1. The maximum absolute atomic E-state index is 11.4. The van der Waals surface area contributed by atoms with Crippen molar-refractivity contribution in [1.82, 2.24) is 9.78 Å². The van der Waals surface area contributed by atoms with Crippen LogP contribution in [0.3, 0.4) is 0 Å². The molecule has 0 unspecified atom stereocenters. The monoisotopic (exact) mass is 355 g/mol. The number of nitrogens with zero attached hydrogens (tertiary/aromatic N) is 2. The summed E-state index contributed by atoms with van der Waals surface area (Å²) in [6, 6.07) is 7.39. The van der Waals surface area contributed by atoms with Crippen molar-refractivity contribution < 1.29 is 9.90 Å². The van der Waals surface area contributed by atoms with E-state index < -0.39 is 5.97 Å². The molecule has 1 aromatic heterocycles. The summed E-state index contributed by atoms with van der Waals surface area (Å²) >= 11 is 4.78. The predicted molar refractivity (Wildman–Crippen MR) is 83.7 cm³/mol. The summed E-state index contributed by atoms with van der Waals surface area (Å²) in [5, 5.41) is 14.1. The van der Waals surface area contributed by atoms with E-state index in [9.17, 15) is 9.90 Å². The Hall–Kier alpha value is -1.47. The molecule has 0 amide bonds. The molecule has 106 valence electrons. The highest BCUT2D eigenvalue weighted by atomic mass is 79.9. The highest BCUT2D eigenvalue weighted by Crippen LogP contribution is 2.29. The fourth-order valence-corrected chi connectivity index (χ4v) is 2.98. The van der Waals surface area contributed by atoms with E-state index in [0.717, 1.165) is 22.3 Å². The third-order valence-electron chi connectivity index (χ3n) is 2.60. The summed E-state index contributed by atoms with van der Waals surface area (Å²) in [7, 11) is 0. The second kappa shape index (κ2) is 6.32. The summed E-state index contributed by atoms with van der Waals surface area (Å²) in [6.07, 6.45) is 0.938. The van der Waals surface area contributed by atoms with Crippen LogP contribution in [0.25, 0.3) is 5.69 Å². The van der Waals surface area contributed by atoms with Gasteiger partial charge in [0.15, 0.2) is 0 Å². The lowest BCUT2D eigenvalue weighted by atomic mass is 10.3. The topological polar surface area (TPSA) is 81.1 Å². The van der Waals surface area contributed by atoms with Gasteiger partial charge in [-0.2, -0.15) is 5.10 Å². The second-order valence-electron chi connectivity index (χ2n) is 4.11. The van der Waals surface area contributed by atoms with E-state index in [-0.39, 0.29) is 11.4 Å². The Bertz CT molecular complexity index is 643. The Morgan fingerprint density at radius 3 is 2.90 bits per heavy atom. The van der Waals surface area contributed by atoms with Gasteiger partial charge in [-0.15, -0.1) is 11.8 Å². The molecule has 0 atom stereocenters. The zero-order valence-corrected chi connectivity index (χ0v) is 13.2. The molecule has 0 saturated heterocycles. The number of carbonyl (C=O) groups is 1. The van der Waals surface area contributed by atoms with Crippen LogP contribution in [0.5, 0.6) is 0 Å². The van der Waals surface area contributed by atoms with Crippen LogP contribution in [0, 0.1) is 0 Å². The molecule has 5 nitrogen and oxygen atoms in total. The van der Waals surface area contributed by atoms with Gasteiger partial charge >= 0.3 is 5.97 Å². The quantitative estimate of drug-likeness (QED) is 0.803. The minimum Gasteiger partial charge on any atom is -0.477 e. The van der Waals surface area contributed by atoms with Crippen molar-refractivity contribution in [3.8, 4) is 5.69 Å². The van der Waals surface area contributed by atoms with E-state index in [1.54, 1.807) is 0 Å². The number of carboxylic acid groups (broad SMARTS) is 1. The molecule has 7 heteroatoms. The van der Waals surface area contributed by atoms with Crippen LogP contribution in [-0.4, -0.2) is 26.6 Å². The van der Waals surface area contributed by atoms with Gasteiger partial charge in [0.2, 0.25) is 0 Å². The zero-order chi connectivity index (χ0) is 14.7. The van der Waals surface area contributed by atoms with Gasteiger partial charge in [0, 0.05) is 4.47 Å². The van der Waals surface area contributed by atoms with E-state index in [1.807, 2.05) is 31.2 Å². The van der Waals surface area contributed by atoms with Gasteiger partial charge in [-0.1, -0.05) is 28.9 Å². The molecule has 2 rings (SSSR count). The molecule has 0 saturated carbocycles. The number of nitrogens with two attached hydrogens (primary N) is 1. The van der Waals surface area contributed by atoms with Crippen LogP contribution in [0.4, 0.5) is 5.82 Å². The molecule has 0 bridgehead atoms. The van der Waals surface area contributed by atoms with Crippen LogP contribution in [0.1, 0.15) is 23.7 Å². The smallest absolute Gasteiger partial charge is 0.342 e. The van der Waals surface area contributed by atoms with Gasteiger partial charge in [0.25, 0.3) is 0 Å². The number of rotatable bonds is 5. The van der Waals surface area contributed by atoms with E-state index in [0.29, 0.717) is 5.03 Å². The molecule has 3 N–H and O–H groups in total. The maximum atomic E-state index is 11.4. The summed E-state index contributed by atoms with van der Waals surface area (Å²) in [4.78, 5) is 11.4. The number of aromatic nitrogens is 2. The second-order valence-corrected chi connectivity index (χ2v) is 6.11. The third-order valence-corrected chi connectivity index (χ3v) is 4.26. The highest BCUT2D eigenvalue weighted by molar-refractivity contribution is 9.10. The van der Waals surface area contributed by atoms with Crippen LogP contribution in [0.15, 0.2) is 33.8 Å². The number of anilines is 1. The molecular weight excluding hydrogens is 342 g/mol. The highest BCUT2D eigenvalue weighted by Gasteiger charge is 2.22. The van der Waals surface area contributed by atoms with Crippen molar-refractivity contribution in [2.45, 2.75) is 18.4 Å². The molecule has 1 aromatic carbocycles. The van der Waals surface area contributed by atoms with E-state index in [1.165, 1.54) is 16.4 Å². The van der Waals surface area contributed by atoms with Crippen molar-refractivity contribution in [2.75, 3.05) is 11.5 Å². The first-order valence-electron chi connectivity index (χ1n) is 6.05. The van der Waals surface area contributed by atoms with Crippen molar-refractivity contribution in [3.05, 3.63) is 34.3 Å². The van der Waals surface area contributed by atoms with E-state index in [2.05, 4.69) is 21.0 Å². The van der Waals surface area contributed by atoms with Gasteiger partial charge in [0.05, 0.1) is 5.69 Å². The molecule has 0 aliphatic carbocycles. The average molecular weight is 356 g/mol. The molecule has 0 fully saturated rings. The number of hydrogen-bond acceptors (Lipinski definition) is 4. The number of carboxylic acids is 1. The number of thioether (sulfide) groups is 1. The van der Waals surface area contributed by atoms with Crippen LogP contribution in [0.2, 0.25) is 0 Å². The van der Waals surface area contributed by atoms with Gasteiger partial charge in [0.1, 0.15) is 16.4 Å². The first kappa shape index (κ1) is 14.9. The molecule has 2 aromatic rings. The summed E-state index contributed by atoms with van der Waals surface area (Å²) in [5.74, 6) is -0.105. The standard InChI is InChI=1S/C13H14BrN3O2S/c1-2-6-20-12-10(13(18)19)11(15)17(16-12)9-5-3-4-8(14)7-9/h3-5,7H,2,6,15H2,1H3,(H,18,19). The van der Waals surface area contributed by atoms with Crippen LogP contribution in [-0.2, 0) is 0 Å². The lowest BCUT2D eigenvalue weighted by Gasteiger charge is -2.04. The van der Waals surface area contributed by atoms with Crippen molar-refractivity contribution in [2.24, 2.45) is 0 Å². The van der Waals surface area contributed by atoms with Crippen LogP contribution < -0.4 is 5.73 Å². The van der Waals surface area contributed by atoms with Crippen molar-refractivity contribution in [3.63, 3.8) is 0 Å². The van der Waals surface area contributed by atoms with Crippen LogP contribution >= 0.6 is 27.7 Å².